The van der Waals surface area contributed by atoms with Crippen molar-refractivity contribution in [2.75, 3.05) is 12.4 Å². The number of nitrogens with one attached hydrogen (secondary N) is 1. The number of hydrogen-bond donors (Lipinski definition) is 1. The van der Waals surface area contributed by atoms with Crippen LogP contribution >= 0.6 is 11.6 Å². The van der Waals surface area contributed by atoms with Gasteiger partial charge in [0.2, 0.25) is 5.95 Å². The van der Waals surface area contributed by atoms with Gasteiger partial charge in [-0.1, -0.05) is 18.5 Å². The van der Waals surface area contributed by atoms with Gasteiger partial charge in [-0.3, -0.25) is 0 Å². The van der Waals surface area contributed by atoms with Gasteiger partial charge in [0.05, 0.1) is 12.8 Å². The lowest BCUT2D eigenvalue weighted by molar-refractivity contribution is 0.360. The fraction of sp³-hybridized carbons (Fsp3) is 0.444. The standard InChI is InChI=1S/C18H22ClN3O/c1-12-3-6-14(7-4-12)21-18-20-10-9-16(22-18)15-11-13(19)5-8-17(15)23-2/h5,8-12,14H,3-4,6-7H2,1-2H3,(H,20,21,22). The van der Waals surface area contributed by atoms with Gasteiger partial charge < -0.3 is 10.1 Å². The minimum absolute atomic E-state index is 0.461. The van der Waals surface area contributed by atoms with Gasteiger partial charge in [0.15, 0.2) is 0 Å². The second-order valence-corrected chi connectivity index (χ2v) is 6.65. The predicted molar refractivity (Wildman–Crippen MR) is 94.1 cm³/mol. The molecule has 1 aromatic carbocycles. The molecule has 0 radical (unpaired) electrons. The van der Waals surface area contributed by atoms with Crippen LogP contribution in [0.5, 0.6) is 5.75 Å². The van der Waals surface area contributed by atoms with Crippen molar-refractivity contribution in [3.63, 3.8) is 0 Å². The Labute approximate surface area is 142 Å². The molecule has 1 aliphatic carbocycles. The smallest absolute Gasteiger partial charge is 0.223 e. The van der Waals surface area contributed by atoms with E-state index in [0.717, 1.165) is 22.9 Å². The second kappa shape index (κ2) is 7.18. The Morgan fingerprint density at radius 1 is 1.17 bits per heavy atom. The minimum Gasteiger partial charge on any atom is -0.496 e. The summed E-state index contributed by atoms with van der Waals surface area (Å²) in [6.07, 6.45) is 6.65. The average Bonchev–Trinajstić information content (AvgIpc) is 2.57. The van der Waals surface area contributed by atoms with E-state index in [2.05, 4.69) is 22.2 Å². The van der Waals surface area contributed by atoms with Crippen molar-refractivity contribution in [2.24, 2.45) is 5.92 Å². The Bertz CT molecular complexity index is 669. The van der Waals surface area contributed by atoms with Crippen LogP contribution in [-0.2, 0) is 0 Å². The molecule has 0 amide bonds. The molecule has 5 heteroatoms. The maximum absolute atomic E-state index is 6.12. The predicted octanol–water partition coefficient (Wildman–Crippen LogP) is 4.80. The molecule has 1 heterocycles. The van der Waals surface area contributed by atoms with Crippen molar-refractivity contribution in [1.29, 1.82) is 0 Å². The highest BCUT2D eigenvalue weighted by molar-refractivity contribution is 6.30. The Morgan fingerprint density at radius 3 is 2.70 bits per heavy atom. The van der Waals surface area contributed by atoms with E-state index in [1.54, 1.807) is 13.3 Å². The number of ether oxygens (including phenoxy) is 1. The molecule has 1 N–H and O–H groups in total. The van der Waals surface area contributed by atoms with E-state index >= 15 is 0 Å². The Morgan fingerprint density at radius 2 is 1.96 bits per heavy atom. The van der Waals surface area contributed by atoms with Gasteiger partial charge in [-0.15, -0.1) is 0 Å². The normalized spacial score (nSPS) is 21.0. The van der Waals surface area contributed by atoms with E-state index < -0.39 is 0 Å². The first-order chi connectivity index (χ1) is 11.2. The summed E-state index contributed by atoms with van der Waals surface area (Å²) in [6.45, 7) is 2.32. The van der Waals surface area contributed by atoms with Crippen molar-refractivity contribution in [3.05, 3.63) is 35.5 Å². The fourth-order valence-corrected chi connectivity index (χ4v) is 3.22. The minimum atomic E-state index is 0.461. The highest BCUT2D eigenvalue weighted by Crippen LogP contribution is 2.32. The lowest BCUT2D eigenvalue weighted by atomic mass is 9.87. The van der Waals surface area contributed by atoms with Gasteiger partial charge in [0.1, 0.15) is 5.75 Å². The molecule has 0 atom stereocenters. The highest BCUT2D eigenvalue weighted by Gasteiger charge is 2.19. The quantitative estimate of drug-likeness (QED) is 0.874. The van der Waals surface area contributed by atoms with Crippen LogP contribution in [0.3, 0.4) is 0 Å². The van der Waals surface area contributed by atoms with Gasteiger partial charge in [-0.05, 0) is 55.9 Å². The lowest BCUT2D eigenvalue weighted by Crippen LogP contribution is -2.26. The first-order valence-electron chi connectivity index (χ1n) is 8.09. The molecule has 1 fully saturated rings. The maximum Gasteiger partial charge on any atom is 0.223 e. The number of methoxy groups -OCH3 is 1. The van der Waals surface area contributed by atoms with Gasteiger partial charge in [-0.25, -0.2) is 9.97 Å². The summed E-state index contributed by atoms with van der Waals surface area (Å²) >= 11 is 6.12. The molecule has 0 spiro atoms. The third-order valence-corrected chi connectivity index (χ3v) is 4.68. The summed E-state index contributed by atoms with van der Waals surface area (Å²) in [5.41, 5.74) is 1.69. The lowest BCUT2D eigenvalue weighted by Gasteiger charge is -2.26. The van der Waals surface area contributed by atoms with Crippen LogP contribution in [-0.4, -0.2) is 23.1 Å². The molecule has 0 bridgehead atoms. The number of hydrogen-bond acceptors (Lipinski definition) is 4. The molecular formula is C18H22ClN3O. The monoisotopic (exact) mass is 331 g/mol. The van der Waals surface area contributed by atoms with Crippen LogP contribution in [0.15, 0.2) is 30.5 Å². The first kappa shape index (κ1) is 16.1. The number of anilines is 1. The molecule has 0 saturated heterocycles. The van der Waals surface area contributed by atoms with Crippen LogP contribution in [0.25, 0.3) is 11.3 Å². The van der Waals surface area contributed by atoms with Gasteiger partial charge in [-0.2, -0.15) is 0 Å². The topological polar surface area (TPSA) is 47.0 Å². The van der Waals surface area contributed by atoms with Crippen molar-refractivity contribution in [1.82, 2.24) is 9.97 Å². The van der Waals surface area contributed by atoms with Crippen LogP contribution in [0.2, 0.25) is 5.02 Å². The molecule has 122 valence electrons. The third-order valence-electron chi connectivity index (χ3n) is 4.44. The number of aromatic nitrogens is 2. The summed E-state index contributed by atoms with van der Waals surface area (Å²) in [7, 11) is 1.65. The van der Waals surface area contributed by atoms with Gasteiger partial charge >= 0.3 is 0 Å². The van der Waals surface area contributed by atoms with Crippen molar-refractivity contribution in [2.45, 2.75) is 38.6 Å². The average molecular weight is 332 g/mol. The molecule has 0 unspecified atom stereocenters. The van der Waals surface area contributed by atoms with Crippen molar-refractivity contribution < 1.29 is 4.74 Å². The summed E-state index contributed by atoms with van der Waals surface area (Å²) in [6, 6.07) is 7.88. The van der Waals surface area contributed by atoms with Crippen LogP contribution < -0.4 is 10.1 Å². The summed E-state index contributed by atoms with van der Waals surface area (Å²) in [5, 5.41) is 4.13. The van der Waals surface area contributed by atoms with Crippen LogP contribution in [0.4, 0.5) is 5.95 Å². The molecule has 2 aromatic rings. The summed E-state index contributed by atoms with van der Waals surface area (Å²) in [5.74, 6) is 2.26. The maximum atomic E-state index is 6.12. The molecule has 0 aliphatic heterocycles. The van der Waals surface area contributed by atoms with Crippen molar-refractivity contribution >= 4 is 17.5 Å². The second-order valence-electron chi connectivity index (χ2n) is 6.21. The largest absolute Gasteiger partial charge is 0.496 e. The molecular weight excluding hydrogens is 310 g/mol. The molecule has 3 rings (SSSR count). The van der Waals surface area contributed by atoms with Gasteiger partial charge in [0, 0.05) is 22.8 Å². The van der Waals surface area contributed by atoms with E-state index in [1.165, 1.54) is 25.7 Å². The summed E-state index contributed by atoms with van der Waals surface area (Å²) in [4.78, 5) is 9.00. The zero-order valence-electron chi connectivity index (χ0n) is 13.6. The molecule has 1 aliphatic rings. The van der Waals surface area contributed by atoms with Crippen LogP contribution in [0.1, 0.15) is 32.6 Å². The SMILES string of the molecule is COc1ccc(Cl)cc1-c1ccnc(NC2CCC(C)CC2)n1. The van der Waals surface area contributed by atoms with E-state index in [9.17, 15) is 0 Å². The fourth-order valence-electron chi connectivity index (χ4n) is 3.05. The first-order valence-corrected chi connectivity index (χ1v) is 8.47. The van der Waals surface area contributed by atoms with E-state index in [1.807, 2.05) is 24.3 Å². The zero-order valence-corrected chi connectivity index (χ0v) is 14.3. The number of benzene rings is 1. The van der Waals surface area contributed by atoms with E-state index in [-0.39, 0.29) is 0 Å². The van der Waals surface area contributed by atoms with Crippen LogP contribution in [0, 0.1) is 5.92 Å². The van der Waals surface area contributed by atoms with Crippen molar-refractivity contribution in [3.8, 4) is 17.0 Å². The number of halogens is 1. The van der Waals surface area contributed by atoms with Gasteiger partial charge in [0.25, 0.3) is 0 Å². The van der Waals surface area contributed by atoms with E-state index in [0.29, 0.717) is 17.0 Å². The Hall–Kier alpha value is -1.81. The molecule has 4 nitrogen and oxygen atoms in total. The Balaban J connectivity index is 1.81. The zero-order chi connectivity index (χ0) is 16.2. The molecule has 1 saturated carbocycles. The number of nitrogens with zero attached hydrogens (tertiary/aromatic N) is 2. The third kappa shape index (κ3) is 3.94. The molecule has 1 aromatic heterocycles. The summed E-state index contributed by atoms with van der Waals surface area (Å²) < 4.78 is 5.42. The molecule has 23 heavy (non-hydrogen) atoms. The number of rotatable bonds is 4. The highest BCUT2D eigenvalue weighted by atomic mass is 35.5. The Kier molecular flexibility index (Phi) is 5.01. The van der Waals surface area contributed by atoms with E-state index in [4.69, 9.17) is 16.3 Å².